The lowest BCUT2D eigenvalue weighted by atomic mass is 10.1. The minimum atomic E-state index is -4.60. The molecule has 0 aliphatic carbocycles. The van der Waals surface area contributed by atoms with Crippen LogP contribution in [0.25, 0.3) is 27.8 Å². The molecular formula is C22H14Cl2F3N3O3S. The van der Waals surface area contributed by atoms with Crippen molar-refractivity contribution in [3.63, 3.8) is 0 Å². The highest BCUT2D eigenvalue weighted by Gasteiger charge is 2.31. The standard InChI is InChI=1S/C22H14Cl2F3N3O3S/c1-2-34(32,33)19-7-13(12-5-15(23)9-16(24)6-12)10-28-20(19)30-11-29-18-8-14(22(25,26)27)3-4-17(18)21(30)31/h3-11H,2H2,1H3. The summed E-state index contributed by atoms with van der Waals surface area (Å²) < 4.78 is 65.7. The van der Waals surface area contributed by atoms with Gasteiger partial charge in [-0.25, -0.2) is 23.0 Å². The summed E-state index contributed by atoms with van der Waals surface area (Å²) in [5.74, 6) is -0.510. The van der Waals surface area contributed by atoms with Crippen molar-refractivity contribution < 1.29 is 21.6 Å². The summed E-state index contributed by atoms with van der Waals surface area (Å²) in [6.45, 7) is 1.43. The molecule has 0 saturated carbocycles. The summed E-state index contributed by atoms with van der Waals surface area (Å²) in [6, 6.07) is 8.53. The summed E-state index contributed by atoms with van der Waals surface area (Å²) in [6.07, 6.45) is -2.30. The van der Waals surface area contributed by atoms with Gasteiger partial charge in [-0.3, -0.25) is 4.79 Å². The Bertz CT molecular complexity index is 1580. The van der Waals surface area contributed by atoms with Gasteiger partial charge in [0.2, 0.25) is 0 Å². The number of aromatic nitrogens is 3. The van der Waals surface area contributed by atoms with Crippen molar-refractivity contribution in [1.82, 2.24) is 14.5 Å². The third-order valence-corrected chi connectivity index (χ3v) is 7.23. The van der Waals surface area contributed by atoms with E-state index in [9.17, 15) is 26.4 Å². The molecule has 0 unspecified atom stereocenters. The zero-order chi connectivity index (χ0) is 24.8. The second-order valence-corrected chi connectivity index (χ2v) is 10.4. The van der Waals surface area contributed by atoms with Crippen molar-refractivity contribution >= 4 is 43.9 Å². The van der Waals surface area contributed by atoms with Gasteiger partial charge in [0, 0.05) is 21.8 Å². The number of hydrogen-bond donors (Lipinski definition) is 0. The van der Waals surface area contributed by atoms with Gasteiger partial charge in [-0.1, -0.05) is 30.1 Å². The Balaban J connectivity index is 1.95. The van der Waals surface area contributed by atoms with Crippen LogP contribution in [0.3, 0.4) is 0 Å². The van der Waals surface area contributed by atoms with Gasteiger partial charge in [0.1, 0.15) is 11.2 Å². The van der Waals surface area contributed by atoms with E-state index in [2.05, 4.69) is 9.97 Å². The zero-order valence-electron chi connectivity index (χ0n) is 17.3. The first kappa shape index (κ1) is 24.2. The number of halogens is 5. The van der Waals surface area contributed by atoms with E-state index < -0.39 is 27.1 Å². The number of nitrogens with zero attached hydrogens (tertiary/aromatic N) is 3. The van der Waals surface area contributed by atoms with Gasteiger partial charge in [-0.15, -0.1) is 0 Å². The lowest BCUT2D eigenvalue weighted by molar-refractivity contribution is -0.137. The van der Waals surface area contributed by atoms with Crippen LogP contribution in [0.2, 0.25) is 10.0 Å². The number of hydrogen-bond acceptors (Lipinski definition) is 5. The Morgan fingerprint density at radius 1 is 0.971 bits per heavy atom. The van der Waals surface area contributed by atoms with E-state index in [0.717, 1.165) is 29.1 Å². The average molecular weight is 528 g/mol. The second kappa shape index (κ2) is 8.68. The van der Waals surface area contributed by atoms with Crippen molar-refractivity contribution in [3.8, 4) is 16.9 Å². The van der Waals surface area contributed by atoms with Gasteiger partial charge < -0.3 is 0 Å². The monoisotopic (exact) mass is 527 g/mol. The maximum absolute atomic E-state index is 13.1. The van der Waals surface area contributed by atoms with Crippen LogP contribution in [0.5, 0.6) is 0 Å². The normalized spacial score (nSPS) is 12.3. The highest BCUT2D eigenvalue weighted by atomic mass is 35.5. The first-order chi connectivity index (χ1) is 15.9. The fourth-order valence-corrected chi connectivity index (χ4v) is 4.90. The Labute approximate surface area is 201 Å². The van der Waals surface area contributed by atoms with Crippen LogP contribution in [0.4, 0.5) is 13.2 Å². The number of sulfone groups is 1. The predicted octanol–water partition coefficient (Wildman–Crippen LogP) is 5.57. The molecule has 176 valence electrons. The Hall–Kier alpha value is -2.95. The van der Waals surface area contributed by atoms with E-state index >= 15 is 0 Å². The molecule has 0 N–H and O–H groups in total. The number of pyridine rings is 1. The van der Waals surface area contributed by atoms with Gasteiger partial charge in [0.25, 0.3) is 5.56 Å². The Morgan fingerprint density at radius 2 is 1.65 bits per heavy atom. The number of alkyl halides is 3. The molecule has 0 fully saturated rings. The SMILES string of the molecule is CCS(=O)(=O)c1cc(-c2cc(Cl)cc(Cl)c2)cnc1-n1cnc2cc(C(F)(F)F)ccc2c1=O. The molecule has 2 heterocycles. The molecule has 4 rings (SSSR count). The molecule has 0 amide bonds. The average Bonchev–Trinajstić information content (AvgIpc) is 2.77. The van der Waals surface area contributed by atoms with Gasteiger partial charge in [-0.2, -0.15) is 13.2 Å². The van der Waals surface area contributed by atoms with E-state index in [1.54, 1.807) is 12.1 Å². The third-order valence-electron chi connectivity index (χ3n) is 5.06. The van der Waals surface area contributed by atoms with Crippen LogP contribution in [0.15, 0.2) is 64.7 Å². The first-order valence-electron chi connectivity index (χ1n) is 9.69. The molecule has 0 aliphatic rings. The molecule has 0 radical (unpaired) electrons. The summed E-state index contributed by atoms with van der Waals surface area (Å²) >= 11 is 12.1. The maximum atomic E-state index is 13.1. The predicted molar refractivity (Wildman–Crippen MR) is 123 cm³/mol. The molecule has 0 atom stereocenters. The van der Waals surface area contributed by atoms with E-state index in [1.807, 2.05) is 0 Å². The summed E-state index contributed by atoms with van der Waals surface area (Å²) in [4.78, 5) is 21.0. The first-order valence-corrected chi connectivity index (χ1v) is 12.1. The summed E-state index contributed by atoms with van der Waals surface area (Å²) in [5.41, 5.74) is -1.01. The molecule has 0 bridgehead atoms. The third kappa shape index (κ3) is 4.53. The second-order valence-electron chi connectivity index (χ2n) is 7.26. The van der Waals surface area contributed by atoms with E-state index in [1.165, 1.54) is 25.3 Å². The molecule has 0 saturated heterocycles. The van der Waals surface area contributed by atoms with E-state index in [-0.39, 0.29) is 27.4 Å². The topological polar surface area (TPSA) is 81.9 Å². The van der Waals surface area contributed by atoms with Crippen molar-refractivity contribution in [2.45, 2.75) is 18.0 Å². The van der Waals surface area contributed by atoms with Crippen molar-refractivity contribution in [1.29, 1.82) is 0 Å². The molecular weight excluding hydrogens is 514 g/mol. The lowest BCUT2D eigenvalue weighted by Crippen LogP contribution is -2.23. The van der Waals surface area contributed by atoms with Gasteiger partial charge in [0.05, 0.1) is 22.2 Å². The molecule has 34 heavy (non-hydrogen) atoms. The fraction of sp³-hybridized carbons (Fsp3) is 0.136. The number of benzene rings is 2. The van der Waals surface area contributed by atoms with E-state index in [4.69, 9.17) is 23.2 Å². The van der Waals surface area contributed by atoms with Crippen LogP contribution in [0.1, 0.15) is 12.5 Å². The van der Waals surface area contributed by atoms with Gasteiger partial charge in [-0.05, 0) is 48.0 Å². The smallest absolute Gasteiger partial charge is 0.268 e. The number of fused-ring (bicyclic) bond motifs is 1. The Morgan fingerprint density at radius 3 is 2.26 bits per heavy atom. The lowest BCUT2D eigenvalue weighted by Gasteiger charge is -2.14. The van der Waals surface area contributed by atoms with E-state index in [0.29, 0.717) is 21.2 Å². The van der Waals surface area contributed by atoms with Crippen molar-refractivity contribution in [3.05, 3.63) is 81.0 Å². The summed E-state index contributed by atoms with van der Waals surface area (Å²) in [7, 11) is -3.89. The minimum absolute atomic E-state index is 0.122. The maximum Gasteiger partial charge on any atom is 0.416 e. The van der Waals surface area contributed by atoms with Crippen molar-refractivity contribution in [2.75, 3.05) is 5.75 Å². The molecule has 2 aromatic carbocycles. The largest absolute Gasteiger partial charge is 0.416 e. The molecule has 6 nitrogen and oxygen atoms in total. The van der Waals surface area contributed by atoms with Crippen LogP contribution in [0, 0.1) is 0 Å². The zero-order valence-corrected chi connectivity index (χ0v) is 19.6. The molecule has 4 aromatic rings. The van der Waals surface area contributed by atoms with Crippen LogP contribution >= 0.6 is 23.2 Å². The Kier molecular flexibility index (Phi) is 6.17. The molecule has 0 aliphatic heterocycles. The summed E-state index contributed by atoms with van der Waals surface area (Å²) in [5, 5.41) is 0.544. The van der Waals surface area contributed by atoms with Crippen LogP contribution in [-0.4, -0.2) is 28.7 Å². The van der Waals surface area contributed by atoms with Crippen LogP contribution < -0.4 is 5.56 Å². The van der Waals surface area contributed by atoms with Gasteiger partial charge >= 0.3 is 6.18 Å². The molecule has 12 heteroatoms. The quantitative estimate of drug-likeness (QED) is 0.346. The van der Waals surface area contributed by atoms with Crippen molar-refractivity contribution in [2.24, 2.45) is 0 Å². The minimum Gasteiger partial charge on any atom is -0.268 e. The number of rotatable bonds is 4. The molecule has 0 spiro atoms. The highest BCUT2D eigenvalue weighted by Crippen LogP contribution is 2.32. The van der Waals surface area contributed by atoms with Crippen LogP contribution in [-0.2, 0) is 16.0 Å². The molecule has 2 aromatic heterocycles. The fourth-order valence-electron chi connectivity index (χ4n) is 3.33. The van der Waals surface area contributed by atoms with Gasteiger partial charge in [0.15, 0.2) is 15.7 Å². The highest BCUT2D eigenvalue weighted by molar-refractivity contribution is 7.91.